The van der Waals surface area contributed by atoms with E-state index in [9.17, 15) is 9.59 Å². The van der Waals surface area contributed by atoms with Gasteiger partial charge in [0.15, 0.2) is 0 Å². The number of amides is 2. The highest BCUT2D eigenvalue weighted by Gasteiger charge is 2.14. The predicted molar refractivity (Wildman–Crippen MR) is 92.7 cm³/mol. The van der Waals surface area contributed by atoms with Gasteiger partial charge in [0, 0.05) is 39.0 Å². The normalized spacial score (nSPS) is 11.8. The largest absolute Gasteiger partial charge is 0.352 e. The number of carbonyl (C=O) groups excluding carboxylic acids is 2. The summed E-state index contributed by atoms with van der Waals surface area (Å²) in [6.07, 6.45) is 3.34. The van der Waals surface area contributed by atoms with Crippen molar-refractivity contribution in [2.45, 2.75) is 52.1 Å². The number of carbonyl (C=O) groups is 2. The molecule has 0 aliphatic rings. The number of nitrogens with zero attached hydrogens (tertiary/aromatic N) is 1. The van der Waals surface area contributed by atoms with Crippen LogP contribution in [0.25, 0.3) is 0 Å². The molecule has 0 fully saturated rings. The molecule has 0 spiro atoms. The van der Waals surface area contributed by atoms with Crippen molar-refractivity contribution in [2.24, 2.45) is 5.73 Å². The molecule has 1 aromatic carbocycles. The van der Waals surface area contributed by atoms with Crippen LogP contribution in [-0.4, -0.2) is 35.8 Å². The molecule has 0 radical (unpaired) electrons. The van der Waals surface area contributed by atoms with Crippen molar-refractivity contribution < 1.29 is 9.59 Å². The van der Waals surface area contributed by atoms with Gasteiger partial charge in [0.25, 0.3) is 0 Å². The summed E-state index contributed by atoms with van der Waals surface area (Å²) in [5.74, 6) is -0.0705. The lowest BCUT2D eigenvalue weighted by Crippen LogP contribution is -2.41. The summed E-state index contributed by atoms with van der Waals surface area (Å²) in [4.78, 5) is 25.5. The average Bonchev–Trinajstić information content (AvgIpc) is 2.55. The van der Waals surface area contributed by atoms with Crippen LogP contribution in [-0.2, 0) is 16.1 Å². The summed E-state index contributed by atoms with van der Waals surface area (Å²) in [5, 5.41) is 2.96. The molecular formula is C18H29N3O2. The first-order valence-corrected chi connectivity index (χ1v) is 8.35. The quantitative estimate of drug-likeness (QED) is 0.693. The van der Waals surface area contributed by atoms with E-state index < -0.39 is 0 Å². The SMILES string of the molecule is CCCCC(CN)NC(=O)CCN(Cc1ccccc1)C(C)=O. The second kappa shape index (κ2) is 10.8. The molecule has 1 aromatic rings. The zero-order valence-electron chi connectivity index (χ0n) is 14.3. The maximum absolute atomic E-state index is 12.1. The fraction of sp³-hybridized carbons (Fsp3) is 0.556. The lowest BCUT2D eigenvalue weighted by molar-refractivity contribution is -0.130. The van der Waals surface area contributed by atoms with Gasteiger partial charge >= 0.3 is 0 Å². The fourth-order valence-electron chi connectivity index (χ4n) is 2.39. The molecule has 1 atom stereocenters. The van der Waals surface area contributed by atoms with Gasteiger partial charge in [-0.1, -0.05) is 50.1 Å². The Morgan fingerprint density at radius 2 is 1.96 bits per heavy atom. The molecule has 3 N–H and O–H groups in total. The van der Waals surface area contributed by atoms with Crippen molar-refractivity contribution >= 4 is 11.8 Å². The molecule has 128 valence electrons. The average molecular weight is 319 g/mol. The van der Waals surface area contributed by atoms with Gasteiger partial charge in [0.05, 0.1) is 0 Å². The van der Waals surface area contributed by atoms with E-state index in [1.54, 1.807) is 4.90 Å². The van der Waals surface area contributed by atoms with Crippen LogP contribution < -0.4 is 11.1 Å². The van der Waals surface area contributed by atoms with Crippen LogP contribution in [0.4, 0.5) is 0 Å². The summed E-state index contributed by atoms with van der Waals surface area (Å²) >= 11 is 0. The summed E-state index contributed by atoms with van der Waals surface area (Å²) < 4.78 is 0. The lowest BCUT2D eigenvalue weighted by atomic mass is 10.1. The standard InChI is InChI=1S/C18H29N3O2/c1-3-4-10-17(13-19)20-18(23)11-12-21(15(2)22)14-16-8-6-5-7-9-16/h5-9,17H,3-4,10-14,19H2,1-2H3,(H,20,23). The van der Waals surface area contributed by atoms with Crippen LogP contribution in [0.1, 0.15) is 45.1 Å². The Morgan fingerprint density at radius 1 is 1.26 bits per heavy atom. The maximum Gasteiger partial charge on any atom is 0.222 e. The van der Waals surface area contributed by atoms with Crippen molar-refractivity contribution in [1.82, 2.24) is 10.2 Å². The van der Waals surface area contributed by atoms with Crippen LogP contribution in [0, 0.1) is 0 Å². The molecule has 2 amide bonds. The van der Waals surface area contributed by atoms with Gasteiger partial charge in [0.2, 0.25) is 11.8 Å². The highest BCUT2D eigenvalue weighted by molar-refractivity contribution is 5.78. The molecule has 5 nitrogen and oxygen atoms in total. The minimum absolute atomic E-state index is 0.0250. The Hall–Kier alpha value is -1.88. The fourth-order valence-corrected chi connectivity index (χ4v) is 2.39. The van der Waals surface area contributed by atoms with E-state index in [0.717, 1.165) is 24.8 Å². The van der Waals surface area contributed by atoms with Gasteiger partial charge in [-0.15, -0.1) is 0 Å². The minimum atomic E-state index is -0.0455. The van der Waals surface area contributed by atoms with E-state index in [1.165, 1.54) is 6.92 Å². The third kappa shape index (κ3) is 7.79. The number of unbranched alkanes of at least 4 members (excludes halogenated alkanes) is 1. The second-order valence-electron chi connectivity index (χ2n) is 5.82. The van der Waals surface area contributed by atoms with Crippen LogP contribution in [0.3, 0.4) is 0 Å². The first-order valence-electron chi connectivity index (χ1n) is 8.35. The van der Waals surface area contributed by atoms with Crippen LogP contribution >= 0.6 is 0 Å². The first-order chi connectivity index (χ1) is 11.1. The molecule has 0 aliphatic heterocycles. The Balaban J connectivity index is 2.45. The number of hydrogen-bond acceptors (Lipinski definition) is 3. The molecule has 0 aromatic heterocycles. The van der Waals surface area contributed by atoms with Crippen molar-refractivity contribution in [3.05, 3.63) is 35.9 Å². The molecule has 5 heteroatoms. The van der Waals surface area contributed by atoms with Gasteiger partial charge in [-0.3, -0.25) is 9.59 Å². The number of benzene rings is 1. The topological polar surface area (TPSA) is 75.4 Å². The van der Waals surface area contributed by atoms with Crippen molar-refractivity contribution in [1.29, 1.82) is 0 Å². The third-order valence-corrected chi connectivity index (χ3v) is 3.83. The monoisotopic (exact) mass is 319 g/mol. The van der Waals surface area contributed by atoms with Gasteiger partial charge < -0.3 is 16.0 Å². The van der Waals surface area contributed by atoms with Gasteiger partial charge in [-0.2, -0.15) is 0 Å². The van der Waals surface area contributed by atoms with Crippen molar-refractivity contribution in [2.75, 3.05) is 13.1 Å². The van der Waals surface area contributed by atoms with Crippen molar-refractivity contribution in [3.8, 4) is 0 Å². The zero-order chi connectivity index (χ0) is 17.1. The van der Waals surface area contributed by atoms with Crippen LogP contribution in [0.15, 0.2) is 30.3 Å². The van der Waals surface area contributed by atoms with E-state index in [0.29, 0.717) is 26.1 Å². The van der Waals surface area contributed by atoms with E-state index in [2.05, 4.69) is 12.2 Å². The summed E-state index contributed by atoms with van der Waals surface area (Å²) in [5.41, 5.74) is 6.75. The molecule has 1 unspecified atom stereocenters. The second-order valence-corrected chi connectivity index (χ2v) is 5.82. The highest BCUT2D eigenvalue weighted by Crippen LogP contribution is 2.06. The summed E-state index contributed by atoms with van der Waals surface area (Å²) in [6, 6.07) is 9.82. The number of nitrogens with one attached hydrogen (secondary N) is 1. The van der Waals surface area contributed by atoms with Gasteiger partial charge in [0.1, 0.15) is 0 Å². The number of nitrogens with two attached hydrogens (primary N) is 1. The number of hydrogen-bond donors (Lipinski definition) is 2. The van der Waals surface area contributed by atoms with E-state index in [-0.39, 0.29) is 17.9 Å². The summed E-state index contributed by atoms with van der Waals surface area (Å²) in [7, 11) is 0. The van der Waals surface area contributed by atoms with Crippen molar-refractivity contribution in [3.63, 3.8) is 0 Å². The first kappa shape index (κ1) is 19.2. The molecule has 0 aliphatic carbocycles. The highest BCUT2D eigenvalue weighted by atomic mass is 16.2. The Bertz CT molecular complexity index is 476. The smallest absolute Gasteiger partial charge is 0.222 e. The van der Waals surface area contributed by atoms with E-state index in [1.807, 2.05) is 30.3 Å². The van der Waals surface area contributed by atoms with Crippen LogP contribution in [0.5, 0.6) is 0 Å². The Labute approximate surface area is 139 Å². The summed E-state index contributed by atoms with van der Waals surface area (Å²) in [6.45, 7) is 5.04. The van der Waals surface area contributed by atoms with E-state index in [4.69, 9.17) is 5.73 Å². The zero-order valence-corrected chi connectivity index (χ0v) is 14.3. The van der Waals surface area contributed by atoms with Gasteiger partial charge in [-0.05, 0) is 12.0 Å². The Morgan fingerprint density at radius 3 is 2.52 bits per heavy atom. The molecule has 0 saturated carbocycles. The molecule has 1 rings (SSSR count). The number of rotatable bonds is 10. The molecule has 0 saturated heterocycles. The third-order valence-electron chi connectivity index (χ3n) is 3.83. The molecule has 0 heterocycles. The molecule has 0 bridgehead atoms. The predicted octanol–water partition coefficient (Wildman–Crippen LogP) is 2.06. The molecule has 23 heavy (non-hydrogen) atoms. The van der Waals surface area contributed by atoms with E-state index >= 15 is 0 Å². The minimum Gasteiger partial charge on any atom is -0.352 e. The maximum atomic E-state index is 12.1. The van der Waals surface area contributed by atoms with Crippen LogP contribution in [0.2, 0.25) is 0 Å². The Kier molecular flexibility index (Phi) is 8.98. The lowest BCUT2D eigenvalue weighted by Gasteiger charge is -2.22. The van der Waals surface area contributed by atoms with Gasteiger partial charge in [-0.25, -0.2) is 0 Å². The molecular weight excluding hydrogens is 290 g/mol.